The van der Waals surface area contributed by atoms with E-state index >= 15 is 0 Å². The van der Waals surface area contributed by atoms with Crippen LogP contribution in [-0.2, 0) is 0 Å². The third-order valence-electron chi connectivity index (χ3n) is 3.25. The van der Waals surface area contributed by atoms with E-state index in [0.717, 1.165) is 18.6 Å². The molecular formula is C13H18N2O2S. The van der Waals surface area contributed by atoms with Crippen LogP contribution in [0.15, 0.2) is 34.3 Å². The molecule has 18 heavy (non-hydrogen) atoms. The highest BCUT2D eigenvalue weighted by atomic mass is 32.2. The quantitative estimate of drug-likeness (QED) is 0.273. The summed E-state index contributed by atoms with van der Waals surface area (Å²) in [4.78, 5) is 1.22. The van der Waals surface area contributed by atoms with E-state index in [9.17, 15) is 0 Å². The molecule has 1 aromatic carbocycles. The molecule has 5 heteroatoms. The molecule has 3 N–H and O–H groups in total. The second kappa shape index (κ2) is 5.52. The molecule has 0 aliphatic heterocycles. The van der Waals surface area contributed by atoms with Crippen LogP contribution in [0.3, 0.4) is 0 Å². The van der Waals surface area contributed by atoms with E-state index in [-0.39, 0.29) is 11.3 Å². The highest BCUT2D eigenvalue weighted by Crippen LogP contribution is 2.49. The number of hydrogen-bond donors (Lipinski definition) is 2. The van der Waals surface area contributed by atoms with E-state index in [1.165, 1.54) is 4.90 Å². The molecule has 0 saturated heterocycles. The van der Waals surface area contributed by atoms with E-state index in [4.69, 9.17) is 15.7 Å². The first-order valence-corrected chi connectivity index (χ1v) is 7.13. The van der Waals surface area contributed by atoms with Crippen molar-refractivity contribution in [3.63, 3.8) is 0 Å². The van der Waals surface area contributed by atoms with Gasteiger partial charge in [0.1, 0.15) is 11.6 Å². The predicted molar refractivity (Wildman–Crippen MR) is 73.4 cm³/mol. The predicted octanol–water partition coefficient (Wildman–Crippen LogP) is 2.70. The van der Waals surface area contributed by atoms with Crippen molar-refractivity contribution in [3.05, 3.63) is 24.3 Å². The number of hydrogen-bond acceptors (Lipinski definition) is 4. The molecule has 0 heterocycles. The average molecular weight is 266 g/mol. The van der Waals surface area contributed by atoms with Gasteiger partial charge in [-0.3, -0.25) is 0 Å². The smallest absolute Gasteiger partial charge is 0.139 e. The molecule has 0 radical (unpaired) electrons. The maximum Gasteiger partial charge on any atom is 0.139 e. The van der Waals surface area contributed by atoms with Crippen molar-refractivity contribution in [2.45, 2.75) is 24.2 Å². The minimum Gasteiger partial charge on any atom is -0.493 e. The standard InChI is InChI=1S/C13H18N2O2S/c1-18-11-4-2-10(3-5-11)17-9-13(6-7-13)8-12(14)15-16/h2-5,16H,6-9H2,1H3,(H2,14,15). The minimum absolute atomic E-state index is 0.0779. The topological polar surface area (TPSA) is 67.8 Å². The fourth-order valence-electron chi connectivity index (χ4n) is 1.88. The van der Waals surface area contributed by atoms with Crippen LogP contribution in [0.1, 0.15) is 19.3 Å². The number of benzene rings is 1. The summed E-state index contributed by atoms with van der Waals surface area (Å²) in [7, 11) is 0. The summed E-state index contributed by atoms with van der Waals surface area (Å²) in [6.07, 6.45) is 4.80. The van der Waals surface area contributed by atoms with Crippen LogP contribution in [0.25, 0.3) is 0 Å². The second-order valence-electron chi connectivity index (χ2n) is 4.73. The van der Waals surface area contributed by atoms with Crippen molar-refractivity contribution in [2.24, 2.45) is 16.3 Å². The largest absolute Gasteiger partial charge is 0.493 e. The summed E-state index contributed by atoms with van der Waals surface area (Å²) >= 11 is 1.71. The highest BCUT2D eigenvalue weighted by Gasteiger charge is 2.44. The van der Waals surface area contributed by atoms with Gasteiger partial charge in [-0.25, -0.2) is 0 Å². The van der Waals surface area contributed by atoms with Gasteiger partial charge in [0, 0.05) is 16.7 Å². The van der Waals surface area contributed by atoms with Gasteiger partial charge < -0.3 is 15.7 Å². The molecule has 0 bridgehead atoms. The van der Waals surface area contributed by atoms with Gasteiger partial charge in [-0.1, -0.05) is 5.16 Å². The molecule has 1 aliphatic carbocycles. The lowest BCUT2D eigenvalue weighted by molar-refractivity contribution is 0.236. The summed E-state index contributed by atoms with van der Waals surface area (Å²) in [5.41, 5.74) is 5.63. The Balaban J connectivity index is 1.87. The molecule has 4 nitrogen and oxygen atoms in total. The zero-order valence-corrected chi connectivity index (χ0v) is 11.2. The monoisotopic (exact) mass is 266 g/mol. The zero-order chi connectivity index (χ0) is 13.0. The number of ether oxygens (including phenoxy) is 1. The third kappa shape index (κ3) is 3.32. The van der Waals surface area contributed by atoms with Crippen molar-refractivity contribution < 1.29 is 9.94 Å². The van der Waals surface area contributed by atoms with Crippen molar-refractivity contribution >= 4 is 17.6 Å². The number of amidine groups is 1. The molecule has 1 aromatic rings. The summed E-state index contributed by atoms with van der Waals surface area (Å²) in [5.74, 6) is 1.16. The van der Waals surface area contributed by atoms with Gasteiger partial charge in [0.15, 0.2) is 0 Å². The summed E-state index contributed by atoms with van der Waals surface area (Å²) in [6, 6.07) is 8.04. The Morgan fingerprint density at radius 2 is 2.11 bits per heavy atom. The highest BCUT2D eigenvalue weighted by molar-refractivity contribution is 7.98. The molecule has 2 rings (SSSR count). The maximum atomic E-state index is 8.59. The van der Waals surface area contributed by atoms with Gasteiger partial charge in [-0.05, 0) is 43.4 Å². The Hall–Kier alpha value is -1.36. The zero-order valence-electron chi connectivity index (χ0n) is 10.4. The fourth-order valence-corrected chi connectivity index (χ4v) is 2.29. The summed E-state index contributed by atoms with van der Waals surface area (Å²) in [5, 5.41) is 11.6. The first-order valence-electron chi connectivity index (χ1n) is 5.91. The molecule has 1 saturated carbocycles. The molecule has 0 atom stereocenters. The Morgan fingerprint density at radius 1 is 1.44 bits per heavy atom. The first kappa shape index (κ1) is 13.1. The lowest BCUT2D eigenvalue weighted by Gasteiger charge is -2.15. The minimum atomic E-state index is 0.0779. The van der Waals surface area contributed by atoms with Gasteiger partial charge in [-0.2, -0.15) is 0 Å². The number of oxime groups is 1. The van der Waals surface area contributed by atoms with Crippen LogP contribution < -0.4 is 10.5 Å². The van der Waals surface area contributed by atoms with Gasteiger partial charge in [0.2, 0.25) is 0 Å². The lowest BCUT2D eigenvalue weighted by atomic mass is 10.0. The Labute approximate surface area is 111 Å². The van der Waals surface area contributed by atoms with Crippen molar-refractivity contribution in [1.82, 2.24) is 0 Å². The molecular weight excluding hydrogens is 248 g/mol. The molecule has 0 unspecified atom stereocenters. The van der Waals surface area contributed by atoms with E-state index in [1.807, 2.05) is 30.5 Å². The van der Waals surface area contributed by atoms with Gasteiger partial charge >= 0.3 is 0 Å². The Kier molecular flexibility index (Phi) is 4.01. The lowest BCUT2D eigenvalue weighted by Crippen LogP contribution is -2.22. The van der Waals surface area contributed by atoms with Gasteiger partial charge in [0.25, 0.3) is 0 Å². The third-order valence-corrected chi connectivity index (χ3v) is 3.99. The molecule has 0 aromatic heterocycles. The van der Waals surface area contributed by atoms with E-state index in [0.29, 0.717) is 13.0 Å². The Morgan fingerprint density at radius 3 is 2.61 bits per heavy atom. The number of thioether (sulfide) groups is 1. The average Bonchev–Trinajstić information content (AvgIpc) is 3.17. The molecule has 0 amide bonds. The van der Waals surface area contributed by atoms with Gasteiger partial charge in [0.05, 0.1) is 6.61 Å². The van der Waals surface area contributed by atoms with Crippen LogP contribution in [0, 0.1) is 5.41 Å². The first-order chi connectivity index (χ1) is 8.67. The van der Waals surface area contributed by atoms with Gasteiger partial charge in [-0.15, -0.1) is 11.8 Å². The van der Waals surface area contributed by atoms with Crippen molar-refractivity contribution in [1.29, 1.82) is 0 Å². The second-order valence-corrected chi connectivity index (χ2v) is 5.61. The van der Waals surface area contributed by atoms with Crippen LogP contribution >= 0.6 is 11.8 Å². The van der Waals surface area contributed by atoms with E-state index in [2.05, 4.69) is 5.16 Å². The summed E-state index contributed by atoms with van der Waals surface area (Å²) < 4.78 is 5.78. The number of nitrogens with zero attached hydrogens (tertiary/aromatic N) is 1. The maximum absolute atomic E-state index is 8.59. The Bertz CT molecular complexity index is 427. The van der Waals surface area contributed by atoms with E-state index < -0.39 is 0 Å². The molecule has 98 valence electrons. The van der Waals surface area contributed by atoms with Crippen molar-refractivity contribution in [2.75, 3.05) is 12.9 Å². The number of nitrogens with two attached hydrogens (primary N) is 1. The van der Waals surface area contributed by atoms with Crippen LogP contribution in [-0.4, -0.2) is 23.9 Å². The van der Waals surface area contributed by atoms with Crippen LogP contribution in [0.2, 0.25) is 0 Å². The van der Waals surface area contributed by atoms with Crippen LogP contribution in [0.5, 0.6) is 5.75 Å². The van der Waals surface area contributed by atoms with E-state index in [1.54, 1.807) is 11.8 Å². The molecule has 0 spiro atoms. The number of rotatable bonds is 6. The molecule has 1 fully saturated rings. The summed E-state index contributed by atoms with van der Waals surface area (Å²) in [6.45, 7) is 0.627. The molecule has 1 aliphatic rings. The van der Waals surface area contributed by atoms with Crippen molar-refractivity contribution in [3.8, 4) is 5.75 Å². The fraction of sp³-hybridized carbons (Fsp3) is 0.462. The van der Waals surface area contributed by atoms with Crippen LogP contribution in [0.4, 0.5) is 0 Å². The SMILES string of the molecule is CSc1ccc(OCC2(CC(N)=NO)CC2)cc1. The normalized spacial score (nSPS) is 17.5.